The van der Waals surface area contributed by atoms with E-state index in [1.807, 2.05) is 24.3 Å². The minimum Gasteiger partial charge on any atom is -0.493 e. The number of pyridine rings is 1. The average molecular weight is 333 g/mol. The fourth-order valence-corrected chi connectivity index (χ4v) is 3.74. The fourth-order valence-electron chi connectivity index (χ4n) is 3.74. The van der Waals surface area contributed by atoms with Crippen molar-refractivity contribution in [2.75, 3.05) is 6.61 Å². The van der Waals surface area contributed by atoms with Crippen LogP contribution in [0, 0.1) is 5.92 Å². The molecule has 1 heterocycles. The molecule has 0 spiro atoms. The Morgan fingerprint density at radius 1 is 1.12 bits per heavy atom. The maximum atomic E-state index is 13.2. The highest BCUT2D eigenvalue weighted by molar-refractivity contribution is 5.86. The molecule has 1 aliphatic rings. The SMILES string of the molecule is CC(C)COc1ccc2c(c1)c(=O)c1c(n2C)-c2ccccc2CC1. The van der Waals surface area contributed by atoms with Gasteiger partial charge in [0.2, 0.25) is 0 Å². The molecular weight excluding hydrogens is 310 g/mol. The Kier molecular flexibility index (Phi) is 3.87. The number of ether oxygens (including phenoxy) is 1. The Morgan fingerprint density at radius 2 is 1.92 bits per heavy atom. The van der Waals surface area contributed by atoms with Crippen molar-refractivity contribution >= 4 is 10.9 Å². The van der Waals surface area contributed by atoms with Crippen molar-refractivity contribution < 1.29 is 4.74 Å². The van der Waals surface area contributed by atoms with E-state index >= 15 is 0 Å². The maximum absolute atomic E-state index is 13.2. The van der Waals surface area contributed by atoms with Gasteiger partial charge in [-0.2, -0.15) is 0 Å². The molecule has 25 heavy (non-hydrogen) atoms. The predicted octanol–water partition coefficient (Wildman–Crippen LogP) is 4.34. The number of aryl methyl sites for hydroxylation is 2. The van der Waals surface area contributed by atoms with Crippen LogP contribution in [0.15, 0.2) is 47.3 Å². The van der Waals surface area contributed by atoms with E-state index in [9.17, 15) is 4.79 Å². The lowest BCUT2D eigenvalue weighted by Gasteiger charge is -2.24. The number of hydrogen-bond acceptors (Lipinski definition) is 2. The van der Waals surface area contributed by atoms with Crippen molar-refractivity contribution in [3.63, 3.8) is 0 Å². The quantitative estimate of drug-likeness (QED) is 0.714. The van der Waals surface area contributed by atoms with Gasteiger partial charge in [-0.05, 0) is 42.5 Å². The molecule has 0 saturated carbocycles. The Labute approximate surface area is 147 Å². The lowest BCUT2D eigenvalue weighted by Crippen LogP contribution is -2.21. The molecule has 0 radical (unpaired) electrons. The lowest BCUT2D eigenvalue weighted by molar-refractivity contribution is 0.271. The minimum absolute atomic E-state index is 0.146. The van der Waals surface area contributed by atoms with Gasteiger partial charge in [-0.15, -0.1) is 0 Å². The van der Waals surface area contributed by atoms with Gasteiger partial charge in [-0.3, -0.25) is 4.79 Å². The molecular formula is C22H23NO2. The van der Waals surface area contributed by atoms with Crippen molar-refractivity contribution in [1.29, 1.82) is 0 Å². The van der Waals surface area contributed by atoms with Crippen LogP contribution >= 0.6 is 0 Å². The second-order valence-electron chi connectivity index (χ2n) is 7.26. The summed E-state index contributed by atoms with van der Waals surface area (Å²) in [5.41, 5.74) is 5.60. The molecule has 0 bridgehead atoms. The van der Waals surface area contributed by atoms with E-state index in [1.54, 1.807) is 0 Å². The second kappa shape index (κ2) is 6.07. The first kappa shape index (κ1) is 15.9. The zero-order valence-corrected chi connectivity index (χ0v) is 15.0. The largest absolute Gasteiger partial charge is 0.493 e. The summed E-state index contributed by atoms with van der Waals surface area (Å²) >= 11 is 0. The lowest BCUT2D eigenvalue weighted by atomic mass is 9.87. The van der Waals surface area contributed by atoms with Crippen LogP contribution in [0.5, 0.6) is 5.75 Å². The predicted molar refractivity (Wildman–Crippen MR) is 102 cm³/mol. The van der Waals surface area contributed by atoms with Gasteiger partial charge in [-0.25, -0.2) is 0 Å². The minimum atomic E-state index is 0.146. The number of nitrogens with zero attached hydrogens (tertiary/aromatic N) is 1. The van der Waals surface area contributed by atoms with Crippen LogP contribution in [-0.4, -0.2) is 11.2 Å². The summed E-state index contributed by atoms with van der Waals surface area (Å²) in [6.07, 6.45) is 1.72. The van der Waals surface area contributed by atoms with Crippen molar-refractivity contribution in [3.05, 3.63) is 63.8 Å². The van der Waals surface area contributed by atoms with Crippen LogP contribution in [0.1, 0.15) is 25.0 Å². The molecule has 3 aromatic rings. The molecule has 2 aromatic carbocycles. The highest BCUT2D eigenvalue weighted by Crippen LogP contribution is 2.34. The zero-order chi connectivity index (χ0) is 17.6. The van der Waals surface area contributed by atoms with E-state index in [1.165, 1.54) is 11.1 Å². The number of benzene rings is 2. The molecule has 3 nitrogen and oxygen atoms in total. The Morgan fingerprint density at radius 3 is 2.72 bits per heavy atom. The summed E-state index contributed by atoms with van der Waals surface area (Å²) in [7, 11) is 2.05. The van der Waals surface area contributed by atoms with Crippen LogP contribution in [0.3, 0.4) is 0 Å². The van der Waals surface area contributed by atoms with Gasteiger partial charge in [0, 0.05) is 23.6 Å². The molecule has 3 heteroatoms. The third-order valence-electron chi connectivity index (χ3n) is 4.97. The summed E-state index contributed by atoms with van der Waals surface area (Å²) in [5, 5.41) is 0.752. The van der Waals surface area contributed by atoms with Crippen molar-refractivity contribution in [1.82, 2.24) is 4.57 Å². The molecule has 1 aliphatic carbocycles. The van der Waals surface area contributed by atoms with E-state index in [0.717, 1.165) is 40.8 Å². The highest BCUT2D eigenvalue weighted by Gasteiger charge is 2.22. The van der Waals surface area contributed by atoms with E-state index in [4.69, 9.17) is 4.74 Å². The van der Waals surface area contributed by atoms with Gasteiger partial charge in [0.15, 0.2) is 5.43 Å². The van der Waals surface area contributed by atoms with Crippen LogP contribution in [0.2, 0.25) is 0 Å². The van der Waals surface area contributed by atoms with E-state index in [0.29, 0.717) is 12.5 Å². The first-order valence-corrected chi connectivity index (χ1v) is 8.93. The third-order valence-corrected chi connectivity index (χ3v) is 4.97. The summed E-state index contributed by atoms with van der Waals surface area (Å²) in [6.45, 7) is 4.89. The highest BCUT2D eigenvalue weighted by atomic mass is 16.5. The Balaban J connectivity index is 1.93. The van der Waals surface area contributed by atoms with Gasteiger partial charge < -0.3 is 9.30 Å². The van der Waals surface area contributed by atoms with Crippen molar-refractivity contribution in [2.45, 2.75) is 26.7 Å². The van der Waals surface area contributed by atoms with Crippen molar-refractivity contribution in [2.24, 2.45) is 13.0 Å². The van der Waals surface area contributed by atoms with Crippen LogP contribution < -0.4 is 10.2 Å². The first-order valence-electron chi connectivity index (χ1n) is 8.93. The summed E-state index contributed by atoms with van der Waals surface area (Å²) in [5.74, 6) is 1.23. The first-order chi connectivity index (χ1) is 12.1. The zero-order valence-electron chi connectivity index (χ0n) is 15.0. The Bertz CT molecular complexity index is 1010. The Hall–Kier alpha value is -2.55. The molecule has 0 aliphatic heterocycles. The molecule has 0 unspecified atom stereocenters. The number of fused-ring (bicyclic) bond motifs is 4. The molecule has 0 N–H and O–H groups in total. The topological polar surface area (TPSA) is 31.2 Å². The van der Waals surface area contributed by atoms with Crippen LogP contribution in [0.25, 0.3) is 22.2 Å². The second-order valence-corrected chi connectivity index (χ2v) is 7.26. The molecule has 1 aromatic heterocycles. The average Bonchev–Trinajstić information content (AvgIpc) is 2.63. The molecule has 0 atom stereocenters. The normalized spacial score (nSPS) is 13.0. The van der Waals surface area contributed by atoms with Gasteiger partial charge in [0.05, 0.1) is 17.8 Å². The molecule has 128 valence electrons. The monoisotopic (exact) mass is 333 g/mol. The summed E-state index contributed by atoms with van der Waals surface area (Å²) < 4.78 is 7.99. The fraction of sp³-hybridized carbons (Fsp3) is 0.318. The molecule has 0 saturated heterocycles. The number of aromatic nitrogens is 1. The van der Waals surface area contributed by atoms with E-state index in [-0.39, 0.29) is 5.43 Å². The van der Waals surface area contributed by atoms with Gasteiger partial charge in [0.25, 0.3) is 0 Å². The molecule has 4 rings (SSSR count). The smallest absolute Gasteiger partial charge is 0.193 e. The molecule has 0 fully saturated rings. The maximum Gasteiger partial charge on any atom is 0.193 e. The summed E-state index contributed by atoms with van der Waals surface area (Å²) in [6, 6.07) is 14.3. The number of rotatable bonds is 3. The van der Waals surface area contributed by atoms with Crippen LogP contribution in [0.4, 0.5) is 0 Å². The molecule has 0 amide bonds. The van der Waals surface area contributed by atoms with Crippen LogP contribution in [-0.2, 0) is 19.9 Å². The van der Waals surface area contributed by atoms with Gasteiger partial charge in [-0.1, -0.05) is 38.1 Å². The van der Waals surface area contributed by atoms with Gasteiger partial charge in [0.1, 0.15) is 5.75 Å². The van der Waals surface area contributed by atoms with E-state index in [2.05, 4.69) is 43.7 Å². The van der Waals surface area contributed by atoms with E-state index < -0.39 is 0 Å². The standard InChI is InChI=1S/C22H23NO2/c1-14(2)13-25-16-9-11-20-19(12-16)22(24)18-10-8-15-6-4-5-7-17(15)21(18)23(20)3/h4-7,9,11-12,14H,8,10,13H2,1-3H3. The third kappa shape index (κ3) is 2.64. The summed E-state index contributed by atoms with van der Waals surface area (Å²) in [4.78, 5) is 13.2. The van der Waals surface area contributed by atoms with Gasteiger partial charge >= 0.3 is 0 Å². The number of hydrogen-bond donors (Lipinski definition) is 0. The van der Waals surface area contributed by atoms with Crippen molar-refractivity contribution in [3.8, 4) is 17.0 Å².